The molecule has 0 bridgehead atoms. The van der Waals surface area contributed by atoms with Crippen molar-refractivity contribution in [1.82, 2.24) is 9.80 Å². The minimum Gasteiger partial charge on any atom is -0.345 e. The molecule has 29 heavy (non-hydrogen) atoms. The van der Waals surface area contributed by atoms with Gasteiger partial charge in [0.15, 0.2) is 0 Å². The van der Waals surface area contributed by atoms with Gasteiger partial charge in [-0.3, -0.25) is 9.59 Å². The largest absolute Gasteiger partial charge is 0.345 e. The van der Waals surface area contributed by atoms with Crippen molar-refractivity contribution < 1.29 is 9.59 Å². The number of piperidine rings is 1. The number of hydrogen-bond donors (Lipinski definition) is 0. The van der Waals surface area contributed by atoms with Crippen molar-refractivity contribution in [1.29, 1.82) is 0 Å². The van der Waals surface area contributed by atoms with Gasteiger partial charge in [-0.2, -0.15) is 0 Å². The molecule has 1 aliphatic rings. The highest BCUT2D eigenvalue weighted by Gasteiger charge is 2.37. The molecule has 3 rings (SSSR count). The summed E-state index contributed by atoms with van der Waals surface area (Å²) in [6.45, 7) is 5.25. The van der Waals surface area contributed by atoms with Gasteiger partial charge in [0.05, 0.1) is 6.42 Å². The first-order chi connectivity index (χ1) is 14.0. The van der Waals surface area contributed by atoms with Crippen LogP contribution >= 0.6 is 0 Å². The molecule has 2 aromatic carbocycles. The second-order valence-electron chi connectivity index (χ2n) is 8.20. The van der Waals surface area contributed by atoms with E-state index in [2.05, 4.69) is 65.6 Å². The van der Waals surface area contributed by atoms with Crippen LogP contribution in [0.2, 0.25) is 0 Å². The van der Waals surface area contributed by atoms with E-state index in [1.807, 2.05) is 0 Å². The lowest BCUT2D eigenvalue weighted by atomic mass is 9.68. The topological polar surface area (TPSA) is 40.6 Å². The Morgan fingerprint density at radius 3 is 1.93 bits per heavy atom. The molecule has 0 saturated carbocycles. The molecule has 154 valence electrons. The third-order valence-electron chi connectivity index (χ3n) is 6.16. The first kappa shape index (κ1) is 21.3. The van der Waals surface area contributed by atoms with Crippen LogP contribution in [0.25, 0.3) is 0 Å². The molecule has 1 aliphatic heterocycles. The van der Waals surface area contributed by atoms with Crippen LogP contribution in [0.3, 0.4) is 0 Å². The van der Waals surface area contributed by atoms with E-state index in [0.717, 1.165) is 38.9 Å². The van der Waals surface area contributed by atoms with E-state index in [-0.39, 0.29) is 23.5 Å². The number of likely N-dealkylation sites (tertiary alicyclic amines) is 1. The maximum absolute atomic E-state index is 11.9. The minimum absolute atomic E-state index is 0.0108. The van der Waals surface area contributed by atoms with Gasteiger partial charge in [-0.1, -0.05) is 60.7 Å². The van der Waals surface area contributed by atoms with Gasteiger partial charge in [0.1, 0.15) is 5.78 Å². The van der Waals surface area contributed by atoms with Crippen LogP contribution in [0.15, 0.2) is 60.7 Å². The summed E-state index contributed by atoms with van der Waals surface area (Å²) in [6.07, 6.45) is 3.14. The second-order valence-corrected chi connectivity index (χ2v) is 8.20. The normalized spacial score (nSPS) is 16.3. The van der Waals surface area contributed by atoms with Gasteiger partial charge < -0.3 is 9.80 Å². The lowest BCUT2D eigenvalue weighted by molar-refractivity contribution is -0.133. The fraction of sp³-hybridized carbons (Fsp3) is 0.440. The number of ketones is 1. The zero-order valence-corrected chi connectivity index (χ0v) is 17.6. The van der Waals surface area contributed by atoms with Crippen LogP contribution in [0.1, 0.15) is 43.7 Å². The number of hydrogen-bond acceptors (Lipinski definition) is 3. The molecule has 0 radical (unpaired) electrons. The zero-order valence-electron chi connectivity index (χ0n) is 17.6. The van der Waals surface area contributed by atoms with Gasteiger partial charge in [0.25, 0.3) is 0 Å². The van der Waals surface area contributed by atoms with Crippen molar-refractivity contribution in [3.63, 3.8) is 0 Å². The van der Waals surface area contributed by atoms with Crippen molar-refractivity contribution >= 4 is 11.7 Å². The molecule has 0 atom stereocenters. The number of carbonyl (C=O) groups is 2. The van der Waals surface area contributed by atoms with Crippen LogP contribution in [-0.4, -0.2) is 54.7 Å². The Bertz CT molecular complexity index is 755. The summed E-state index contributed by atoms with van der Waals surface area (Å²) >= 11 is 0. The molecule has 0 unspecified atom stereocenters. The Balaban J connectivity index is 1.59. The van der Waals surface area contributed by atoms with Gasteiger partial charge in [0.2, 0.25) is 5.91 Å². The highest BCUT2D eigenvalue weighted by molar-refractivity contribution is 5.96. The standard InChI is InChI=1S/C25H32N2O2/c1-21(28)20-24(29)26(2)16-9-17-27-18-14-25(15-19-27,22-10-5-3-6-11-22)23-12-7-4-8-13-23/h3-8,10-13H,9,14-20H2,1-2H3. The van der Waals surface area contributed by atoms with Gasteiger partial charge >= 0.3 is 0 Å². The van der Waals surface area contributed by atoms with Gasteiger partial charge in [-0.25, -0.2) is 0 Å². The molecule has 1 heterocycles. The highest BCUT2D eigenvalue weighted by Crippen LogP contribution is 2.41. The third kappa shape index (κ3) is 5.33. The molecule has 0 N–H and O–H groups in total. The van der Waals surface area contributed by atoms with Crippen molar-refractivity contribution in [2.75, 3.05) is 33.2 Å². The SMILES string of the molecule is CC(=O)CC(=O)N(C)CCCN1CCC(c2ccccc2)(c2ccccc2)CC1. The Morgan fingerprint density at radius 2 is 1.45 bits per heavy atom. The van der Waals surface area contributed by atoms with Gasteiger partial charge in [0, 0.05) is 19.0 Å². The summed E-state index contributed by atoms with van der Waals surface area (Å²) in [4.78, 5) is 27.2. The van der Waals surface area contributed by atoms with Crippen LogP contribution in [-0.2, 0) is 15.0 Å². The molecule has 2 aromatic rings. The average Bonchev–Trinajstić information content (AvgIpc) is 2.75. The predicted octanol–water partition coefficient (Wildman–Crippen LogP) is 3.90. The molecular formula is C25H32N2O2. The minimum atomic E-state index is -0.0803. The highest BCUT2D eigenvalue weighted by atomic mass is 16.2. The zero-order chi connectivity index (χ0) is 20.7. The molecule has 4 nitrogen and oxygen atoms in total. The molecule has 1 fully saturated rings. The van der Waals surface area contributed by atoms with E-state index in [4.69, 9.17) is 0 Å². The summed E-state index contributed by atoms with van der Waals surface area (Å²) in [5.41, 5.74) is 2.88. The van der Waals surface area contributed by atoms with Gasteiger partial charge in [-0.05, 0) is 56.9 Å². The lowest BCUT2D eigenvalue weighted by Crippen LogP contribution is -2.44. The quantitative estimate of drug-likeness (QED) is 0.640. The number of carbonyl (C=O) groups excluding carboxylic acids is 2. The molecule has 0 aliphatic carbocycles. The Labute approximate surface area is 174 Å². The Hall–Kier alpha value is -2.46. The average molecular weight is 393 g/mol. The second kappa shape index (κ2) is 9.84. The van der Waals surface area contributed by atoms with Crippen molar-refractivity contribution in [2.45, 2.75) is 38.0 Å². The monoisotopic (exact) mass is 392 g/mol. The van der Waals surface area contributed by atoms with E-state index < -0.39 is 0 Å². The van der Waals surface area contributed by atoms with Crippen LogP contribution in [0, 0.1) is 0 Å². The van der Waals surface area contributed by atoms with Crippen LogP contribution in [0.5, 0.6) is 0 Å². The smallest absolute Gasteiger partial charge is 0.229 e. The van der Waals surface area contributed by atoms with Crippen molar-refractivity contribution in [3.05, 3.63) is 71.8 Å². The van der Waals surface area contributed by atoms with E-state index >= 15 is 0 Å². The first-order valence-corrected chi connectivity index (χ1v) is 10.6. The van der Waals surface area contributed by atoms with Crippen LogP contribution in [0.4, 0.5) is 0 Å². The fourth-order valence-electron chi connectivity index (χ4n) is 4.42. The first-order valence-electron chi connectivity index (χ1n) is 10.6. The van der Waals surface area contributed by atoms with Gasteiger partial charge in [-0.15, -0.1) is 0 Å². The van der Waals surface area contributed by atoms with Crippen molar-refractivity contribution in [3.8, 4) is 0 Å². The molecule has 0 aromatic heterocycles. The van der Waals surface area contributed by atoms with Crippen LogP contribution < -0.4 is 0 Å². The summed E-state index contributed by atoms with van der Waals surface area (Å²) in [5.74, 6) is -0.153. The van der Waals surface area contributed by atoms with Crippen molar-refractivity contribution in [2.24, 2.45) is 0 Å². The van der Waals surface area contributed by atoms with E-state index in [9.17, 15) is 9.59 Å². The molecule has 4 heteroatoms. The lowest BCUT2D eigenvalue weighted by Gasteiger charge is -2.43. The number of Topliss-reactive ketones (excluding diaryl/α,β-unsaturated/α-hetero) is 1. The summed E-state index contributed by atoms with van der Waals surface area (Å²) in [5, 5.41) is 0. The van der Waals surface area contributed by atoms with E-state index in [1.54, 1.807) is 11.9 Å². The Kier molecular flexibility index (Phi) is 7.21. The maximum atomic E-state index is 11.9. The summed E-state index contributed by atoms with van der Waals surface area (Å²) in [6, 6.07) is 21.8. The third-order valence-corrected chi connectivity index (χ3v) is 6.16. The number of benzene rings is 2. The number of nitrogens with zero attached hydrogens (tertiary/aromatic N) is 2. The number of amides is 1. The molecule has 1 saturated heterocycles. The molecule has 1 amide bonds. The summed E-state index contributed by atoms with van der Waals surface area (Å²) in [7, 11) is 1.79. The fourth-order valence-corrected chi connectivity index (χ4v) is 4.42. The maximum Gasteiger partial charge on any atom is 0.229 e. The van der Waals surface area contributed by atoms with E-state index in [0.29, 0.717) is 6.54 Å². The van der Waals surface area contributed by atoms with E-state index in [1.165, 1.54) is 18.1 Å². The Morgan fingerprint density at radius 1 is 0.931 bits per heavy atom. The molecule has 0 spiro atoms. The summed E-state index contributed by atoms with van der Waals surface area (Å²) < 4.78 is 0. The number of rotatable bonds is 8. The predicted molar refractivity (Wildman–Crippen MR) is 117 cm³/mol. The molecular weight excluding hydrogens is 360 g/mol.